The van der Waals surface area contributed by atoms with Crippen molar-refractivity contribution in [2.45, 2.75) is 6.54 Å². The number of nitrogens with zero attached hydrogens (tertiary/aromatic N) is 2. The van der Waals surface area contributed by atoms with Gasteiger partial charge < -0.3 is 25.5 Å². The van der Waals surface area contributed by atoms with Crippen LogP contribution in [0.2, 0.25) is 0 Å². The summed E-state index contributed by atoms with van der Waals surface area (Å²) >= 11 is 0. The maximum absolute atomic E-state index is 12.4. The Morgan fingerprint density at radius 3 is 2.37 bits per heavy atom. The molecule has 4 N–H and O–H groups in total. The highest BCUT2D eigenvalue weighted by Gasteiger charge is 2.14. The summed E-state index contributed by atoms with van der Waals surface area (Å²) < 4.78 is 12.9. The fourth-order valence-electron chi connectivity index (χ4n) is 3.70. The molecule has 0 spiro atoms. The van der Waals surface area contributed by atoms with Crippen LogP contribution >= 0.6 is 0 Å². The number of para-hydroxylation sites is 1. The number of aromatic nitrogens is 1. The van der Waals surface area contributed by atoms with E-state index in [1.54, 1.807) is 20.3 Å². The maximum atomic E-state index is 12.4. The second kappa shape index (κ2) is 7.79. The first-order chi connectivity index (χ1) is 14.5. The van der Waals surface area contributed by atoms with Crippen molar-refractivity contribution in [2.24, 2.45) is 16.5 Å². The summed E-state index contributed by atoms with van der Waals surface area (Å²) in [4.78, 5) is 16.0. The van der Waals surface area contributed by atoms with E-state index in [2.05, 4.69) is 21.7 Å². The molecule has 1 aromatic heterocycles. The third-order valence-corrected chi connectivity index (χ3v) is 5.04. The van der Waals surface area contributed by atoms with Crippen molar-refractivity contribution >= 4 is 33.7 Å². The van der Waals surface area contributed by atoms with Crippen LogP contribution in [0.25, 0.3) is 21.8 Å². The molecule has 152 valence electrons. The number of guanidine groups is 1. The van der Waals surface area contributed by atoms with E-state index >= 15 is 0 Å². The number of fused-ring (bicyclic) bond motifs is 3. The average molecular weight is 402 g/mol. The van der Waals surface area contributed by atoms with Crippen LogP contribution in [0.3, 0.4) is 0 Å². The standard InChI is InChI=1S/C23H22N4O3/c1-29-20-10-7-14(11-21(20)30-2)13-27-18-6-4-3-5-16(18)17-9-8-15(12-19(17)27)22(28)26-23(24)25/h3-12H,13H2,1-2H3,(H4,24,25,26,28). The van der Waals surface area contributed by atoms with Gasteiger partial charge in [0.25, 0.3) is 5.91 Å². The molecule has 0 saturated carbocycles. The van der Waals surface area contributed by atoms with Crippen LogP contribution in [0.4, 0.5) is 0 Å². The van der Waals surface area contributed by atoms with Crippen molar-refractivity contribution < 1.29 is 14.3 Å². The Labute approximate surface area is 173 Å². The van der Waals surface area contributed by atoms with E-state index in [0.717, 1.165) is 27.4 Å². The van der Waals surface area contributed by atoms with Crippen molar-refractivity contribution in [1.82, 2.24) is 4.57 Å². The minimum absolute atomic E-state index is 0.258. The summed E-state index contributed by atoms with van der Waals surface area (Å²) in [6, 6.07) is 19.5. The lowest BCUT2D eigenvalue weighted by Gasteiger charge is -2.12. The monoisotopic (exact) mass is 402 g/mol. The van der Waals surface area contributed by atoms with Gasteiger partial charge in [0.15, 0.2) is 17.5 Å². The predicted molar refractivity (Wildman–Crippen MR) is 118 cm³/mol. The fraction of sp³-hybridized carbons (Fsp3) is 0.130. The first kappa shape index (κ1) is 19.3. The summed E-state index contributed by atoms with van der Waals surface area (Å²) in [5.74, 6) is 0.610. The molecule has 0 unspecified atom stereocenters. The highest BCUT2D eigenvalue weighted by atomic mass is 16.5. The van der Waals surface area contributed by atoms with Gasteiger partial charge in [0, 0.05) is 28.4 Å². The molecule has 1 heterocycles. The molecule has 4 aromatic rings. The Morgan fingerprint density at radius 1 is 0.900 bits per heavy atom. The number of benzene rings is 3. The first-order valence-corrected chi connectivity index (χ1v) is 9.37. The van der Waals surface area contributed by atoms with Gasteiger partial charge >= 0.3 is 0 Å². The quantitative estimate of drug-likeness (QED) is 0.394. The Morgan fingerprint density at radius 2 is 1.63 bits per heavy atom. The topological polar surface area (TPSA) is 105 Å². The molecule has 4 rings (SSSR count). The smallest absolute Gasteiger partial charge is 0.280 e. The zero-order valence-electron chi connectivity index (χ0n) is 16.8. The summed E-state index contributed by atoms with van der Waals surface area (Å²) in [6.07, 6.45) is 0. The average Bonchev–Trinajstić information content (AvgIpc) is 3.06. The van der Waals surface area contributed by atoms with E-state index in [4.69, 9.17) is 20.9 Å². The van der Waals surface area contributed by atoms with Crippen molar-refractivity contribution in [3.8, 4) is 11.5 Å². The highest BCUT2D eigenvalue weighted by Crippen LogP contribution is 2.32. The molecule has 0 aliphatic rings. The molecule has 1 amide bonds. The predicted octanol–water partition coefficient (Wildman–Crippen LogP) is 3.27. The van der Waals surface area contributed by atoms with Crippen LogP contribution in [0.5, 0.6) is 11.5 Å². The summed E-state index contributed by atoms with van der Waals surface area (Å²) in [7, 11) is 3.23. The van der Waals surface area contributed by atoms with Crippen molar-refractivity contribution in [3.63, 3.8) is 0 Å². The van der Waals surface area contributed by atoms with Gasteiger partial charge in [-0.1, -0.05) is 30.3 Å². The molecule has 0 atom stereocenters. The molecule has 0 bridgehead atoms. The molecular formula is C23H22N4O3. The maximum Gasteiger partial charge on any atom is 0.280 e. The zero-order valence-corrected chi connectivity index (χ0v) is 16.8. The lowest BCUT2D eigenvalue weighted by atomic mass is 10.1. The van der Waals surface area contributed by atoms with Crippen molar-refractivity contribution in [3.05, 3.63) is 71.8 Å². The number of methoxy groups -OCH3 is 2. The van der Waals surface area contributed by atoms with Crippen LogP contribution < -0.4 is 20.9 Å². The van der Waals surface area contributed by atoms with Crippen molar-refractivity contribution in [2.75, 3.05) is 14.2 Å². The molecule has 0 aliphatic heterocycles. The Hall–Kier alpha value is -4.00. The van der Waals surface area contributed by atoms with Gasteiger partial charge in [-0.15, -0.1) is 0 Å². The van der Waals surface area contributed by atoms with E-state index < -0.39 is 5.91 Å². The normalized spacial score (nSPS) is 10.9. The van der Waals surface area contributed by atoms with Gasteiger partial charge in [0.2, 0.25) is 0 Å². The number of aliphatic imine (C=N–C) groups is 1. The molecule has 0 aliphatic carbocycles. The van der Waals surface area contributed by atoms with E-state index in [9.17, 15) is 4.79 Å². The van der Waals surface area contributed by atoms with Gasteiger partial charge in [0.05, 0.1) is 19.7 Å². The van der Waals surface area contributed by atoms with E-state index in [-0.39, 0.29) is 5.96 Å². The van der Waals surface area contributed by atoms with Crippen LogP contribution in [0.1, 0.15) is 15.9 Å². The lowest BCUT2D eigenvalue weighted by Crippen LogP contribution is -2.24. The van der Waals surface area contributed by atoms with E-state index in [1.165, 1.54) is 0 Å². The van der Waals surface area contributed by atoms with Crippen molar-refractivity contribution in [1.29, 1.82) is 0 Å². The van der Waals surface area contributed by atoms with Crippen LogP contribution in [0.15, 0.2) is 65.7 Å². The number of amides is 1. The summed E-state index contributed by atoms with van der Waals surface area (Å²) in [5, 5.41) is 2.15. The Balaban J connectivity index is 1.88. The minimum atomic E-state index is -0.472. The second-order valence-corrected chi connectivity index (χ2v) is 6.87. The SMILES string of the molecule is COc1ccc(Cn2c3ccccc3c3ccc(C(=O)N=C(N)N)cc32)cc1OC. The zero-order chi connectivity index (χ0) is 21.3. The van der Waals surface area contributed by atoms with Gasteiger partial charge in [-0.25, -0.2) is 0 Å². The van der Waals surface area contributed by atoms with Gasteiger partial charge in [-0.05, 0) is 35.9 Å². The Kier molecular flexibility index (Phi) is 5.02. The molecule has 0 saturated heterocycles. The first-order valence-electron chi connectivity index (χ1n) is 9.37. The largest absolute Gasteiger partial charge is 0.493 e. The number of hydrogen-bond acceptors (Lipinski definition) is 3. The van der Waals surface area contributed by atoms with Crippen LogP contribution in [-0.4, -0.2) is 30.7 Å². The highest BCUT2D eigenvalue weighted by molar-refractivity contribution is 6.11. The molecule has 0 fully saturated rings. The molecule has 30 heavy (non-hydrogen) atoms. The summed E-state index contributed by atoms with van der Waals surface area (Å²) in [6.45, 7) is 0.588. The third-order valence-electron chi connectivity index (χ3n) is 5.04. The molecular weight excluding hydrogens is 380 g/mol. The van der Waals surface area contributed by atoms with E-state index in [0.29, 0.717) is 23.6 Å². The summed E-state index contributed by atoms with van der Waals surface area (Å²) in [5.41, 5.74) is 14.2. The van der Waals surface area contributed by atoms with Crippen LogP contribution in [-0.2, 0) is 6.54 Å². The minimum Gasteiger partial charge on any atom is -0.493 e. The van der Waals surface area contributed by atoms with Crippen LogP contribution in [0, 0.1) is 0 Å². The molecule has 0 radical (unpaired) electrons. The number of carbonyl (C=O) groups excluding carboxylic acids is 1. The number of carbonyl (C=O) groups is 1. The third kappa shape index (κ3) is 3.41. The van der Waals surface area contributed by atoms with Gasteiger partial charge in [-0.2, -0.15) is 4.99 Å². The molecule has 7 heteroatoms. The second-order valence-electron chi connectivity index (χ2n) is 6.87. The number of rotatable bonds is 5. The van der Waals surface area contributed by atoms with Gasteiger partial charge in [-0.3, -0.25) is 4.79 Å². The van der Waals surface area contributed by atoms with E-state index in [1.807, 2.05) is 42.5 Å². The Bertz CT molecular complexity index is 1290. The fourth-order valence-corrected chi connectivity index (χ4v) is 3.70. The van der Waals surface area contributed by atoms with Gasteiger partial charge in [0.1, 0.15) is 0 Å². The number of hydrogen-bond donors (Lipinski definition) is 2. The molecule has 7 nitrogen and oxygen atoms in total. The number of nitrogens with two attached hydrogens (primary N) is 2. The lowest BCUT2D eigenvalue weighted by molar-refractivity contribution is 0.100. The number of ether oxygens (including phenoxy) is 2. The molecule has 3 aromatic carbocycles.